The van der Waals surface area contributed by atoms with Gasteiger partial charge in [-0.1, -0.05) is 6.08 Å². The van der Waals surface area contributed by atoms with E-state index in [-0.39, 0.29) is 5.91 Å². The molecule has 0 saturated carbocycles. The van der Waals surface area contributed by atoms with Gasteiger partial charge in [0.2, 0.25) is 0 Å². The Bertz CT molecular complexity index is 1110. The zero-order chi connectivity index (χ0) is 17.5. The summed E-state index contributed by atoms with van der Waals surface area (Å²) in [5.74, 6) is 0.776. The summed E-state index contributed by atoms with van der Waals surface area (Å²) in [6.45, 7) is 2.46. The Labute approximate surface area is 153 Å². The number of hydrogen-bond donors (Lipinski definition) is 2. The second-order valence-electron chi connectivity index (χ2n) is 6.58. The number of aromatic amines is 1. The Balaban J connectivity index is 1.46. The number of benzene rings is 1. The van der Waals surface area contributed by atoms with Crippen molar-refractivity contribution in [1.29, 1.82) is 0 Å². The molecule has 2 aliphatic heterocycles. The SMILES string of the molecule is O=C(c1nsc2cc(Nc3n[nH]c4c3=NCCC=4)ccc12)N1CCCC1. The number of amides is 1. The van der Waals surface area contributed by atoms with Gasteiger partial charge in [-0.15, -0.1) is 0 Å². The van der Waals surface area contributed by atoms with Gasteiger partial charge in [-0.2, -0.15) is 9.47 Å². The zero-order valence-corrected chi connectivity index (χ0v) is 15.0. The number of carbonyl (C=O) groups is 1. The summed E-state index contributed by atoms with van der Waals surface area (Å²) in [7, 11) is 0. The summed E-state index contributed by atoms with van der Waals surface area (Å²) < 4.78 is 5.42. The number of anilines is 2. The second kappa shape index (κ2) is 6.21. The molecule has 1 saturated heterocycles. The zero-order valence-electron chi connectivity index (χ0n) is 14.2. The number of rotatable bonds is 3. The molecule has 2 aromatic heterocycles. The number of H-pyrrole nitrogens is 1. The summed E-state index contributed by atoms with van der Waals surface area (Å²) in [4.78, 5) is 19.1. The van der Waals surface area contributed by atoms with Crippen LogP contribution in [0.2, 0.25) is 0 Å². The monoisotopic (exact) mass is 366 g/mol. The minimum atomic E-state index is 0.0465. The Hall–Kier alpha value is -2.74. The first-order valence-electron chi connectivity index (χ1n) is 8.84. The van der Waals surface area contributed by atoms with Crippen molar-refractivity contribution in [2.24, 2.45) is 4.99 Å². The third kappa shape index (κ3) is 2.57. The summed E-state index contributed by atoms with van der Waals surface area (Å²) in [6, 6.07) is 5.94. The van der Waals surface area contributed by atoms with Crippen LogP contribution in [0, 0.1) is 0 Å². The number of nitrogens with zero attached hydrogens (tertiary/aromatic N) is 4. The molecule has 5 rings (SSSR count). The van der Waals surface area contributed by atoms with E-state index in [2.05, 4.69) is 31.0 Å². The highest BCUT2D eigenvalue weighted by Crippen LogP contribution is 2.28. The molecule has 0 atom stereocenters. The van der Waals surface area contributed by atoms with Gasteiger partial charge in [-0.25, -0.2) is 0 Å². The molecule has 1 aromatic carbocycles. The first kappa shape index (κ1) is 15.5. The average molecular weight is 366 g/mol. The molecule has 132 valence electrons. The van der Waals surface area contributed by atoms with Crippen LogP contribution in [0.15, 0.2) is 23.2 Å². The molecule has 2 N–H and O–H groups in total. The molecule has 8 heteroatoms. The third-order valence-electron chi connectivity index (χ3n) is 4.85. The molecular weight excluding hydrogens is 348 g/mol. The van der Waals surface area contributed by atoms with Crippen molar-refractivity contribution in [3.8, 4) is 0 Å². The van der Waals surface area contributed by atoms with Crippen LogP contribution in [0.5, 0.6) is 0 Å². The number of aromatic nitrogens is 3. The van der Waals surface area contributed by atoms with E-state index in [9.17, 15) is 4.79 Å². The molecule has 4 heterocycles. The van der Waals surface area contributed by atoms with Crippen LogP contribution in [-0.2, 0) is 0 Å². The van der Waals surface area contributed by atoms with E-state index < -0.39 is 0 Å². The Morgan fingerprint density at radius 3 is 3.04 bits per heavy atom. The van der Waals surface area contributed by atoms with Crippen molar-refractivity contribution >= 4 is 45.1 Å². The lowest BCUT2D eigenvalue weighted by Gasteiger charge is -2.13. The van der Waals surface area contributed by atoms with Crippen molar-refractivity contribution < 1.29 is 4.79 Å². The Morgan fingerprint density at radius 1 is 1.27 bits per heavy atom. The number of likely N-dealkylation sites (tertiary alicyclic amines) is 1. The highest BCUT2D eigenvalue weighted by Gasteiger charge is 2.23. The molecule has 0 bridgehead atoms. The van der Waals surface area contributed by atoms with Gasteiger partial charge in [-0.3, -0.25) is 14.9 Å². The van der Waals surface area contributed by atoms with E-state index in [4.69, 9.17) is 0 Å². The van der Waals surface area contributed by atoms with E-state index in [1.807, 2.05) is 23.1 Å². The van der Waals surface area contributed by atoms with Crippen LogP contribution in [-0.4, -0.2) is 45.0 Å². The first-order chi connectivity index (χ1) is 12.8. The van der Waals surface area contributed by atoms with E-state index in [1.165, 1.54) is 11.5 Å². The van der Waals surface area contributed by atoms with Crippen molar-refractivity contribution in [2.75, 3.05) is 25.0 Å². The predicted octanol–water partition coefficient (Wildman–Crippen LogP) is 1.80. The second-order valence-corrected chi connectivity index (χ2v) is 7.38. The van der Waals surface area contributed by atoms with Gasteiger partial charge in [0.1, 0.15) is 11.1 Å². The Kier molecular flexibility index (Phi) is 3.70. The fraction of sp³-hybridized carbons (Fsp3) is 0.333. The van der Waals surface area contributed by atoms with Gasteiger partial charge in [0, 0.05) is 30.7 Å². The summed E-state index contributed by atoms with van der Waals surface area (Å²) in [5.41, 5.74) is 1.48. The number of fused-ring (bicyclic) bond motifs is 2. The Morgan fingerprint density at radius 2 is 2.15 bits per heavy atom. The molecule has 0 spiro atoms. The van der Waals surface area contributed by atoms with Gasteiger partial charge in [0.15, 0.2) is 5.82 Å². The van der Waals surface area contributed by atoms with Crippen LogP contribution in [0.4, 0.5) is 11.5 Å². The fourth-order valence-electron chi connectivity index (χ4n) is 3.50. The topological polar surface area (TPSA) is 86.3 Å². The van der Waals surface area contributed by atoms with Crippen molar-refractivity contribution in [3.05, 3.63) is 34.6 Å². The summed E-state index contributed by atoms with van der Waals surface area (Å²) in [5, 5.41) is 13.4. The van der Waals surface area contributed by atoms with Crippen LogP contribution >= 0.6 is 11.5 Å². The normalized spacial score (nSPS) is 16.2. The average Bonchev–Trinajstić information content (AvgIpc) is 3.41. The maximum Gasteiger partial charge on any atom is 0.274 e. The maximum atomic E-state index is 12.6. The van der Waals surface area contributed by atoms with Crippen LogP contribution in [0.1, 0.15) is 29.8 Å². The number of nitrogens with one attached hydrogen (secondary N) is 2. The van der Waals surface area contributed by atoms with Crippen molar-refractivity contribution in [2.45, 2.75) is 19.3 Å². The molecule has 0 aliphatic carbocycles. The van der Waals surface area contributed by atoms with Gasteiger partial charge in [-0.05, 0) is 49.0 Å². The van der Waals surface area contributed by atoms with Gasteiger partial charge >= 0.3 is 0 Å². The summed E-state index contributed by atoms with van der Waals surface area (Å²) in [6.07, 6.45) is 5.22. The molecule has 0 unspecified atom stereocenters. The minimum Gasteiger partial charge on any atom is -0.337 e. The van der Waals surface area contributed by atoms with Crippen LogP contribution in [0.3, 0.4) is 0 Å². The lowest BCUT2D eigenvalue weighted by atomic mass is 10.2. The number of hydrogen-bond acceptors (Lipinski definition) is 6. The smallest absolute Gasteiger partial charge is 0.274 e. The summed E-state index contributed by atoms with van der Waals surface area (Å²) >= 11 is 1.36. The quantitative estimate of drug-likeness (QED) is 0.740. The van der Waals surface area contributed by atoms with Gasteiger partial charge in [0.05, 0.1) is 10.0 Å². The molecule has 26 heavy (non-hydrogen) atoms. The molecule has 0 radical (unpaired) electrons. The molecule has 3 aromatic rings. The predicted molar refractivity (Wildman–Crippen MR) is 101 cm³/mol. The first-order valence-corrected chi connectivity index (χ1v) is 9.62. The lowest BCUT2D eigenvalue weighted by Crippen LogP contribution is -2.28. The van der Waals surface area contributed by atoms with E-state index >= 15 is 0 Å². The maximum absolute atomic E-state index is 12.6. The molecular formula is C18H18N6OS. The van der Waals surface area contributed by atoms with Crippen molar-refractivity contribution in [1.82, 2.24) is 19.5 Å². The van der Waals surface area contributed by atoms with E-state index in [0.29, 0.717) is 5.69 Å². The lowest BCUT2D eigenvalue weighted by molar-refractivity contribution is 0.0790. The fourth-order valence-corrected chi connectivity index (χ4v) is 4.31. The van der Waals surface area contributed by atoms with Crippen LogP contribution in [0.25, 0.3) is 16.2 Å². The van der Waals surface area contributed by atoms with Crippen LogP contribution < -0.4 is 16.0 Å². The largest absolute Gasteiger partial charge is 0.337 e. The highest BCUT2D eigenvalue weighted by atomic mass is 32.1. The van der Waals surface area contributed by atoms with E-state index in [1.54, 1.807) is 0 Å². The standard InChI is InChI=1S/C18H18N6OS/c25-18(24-8-1-2-9-24)15-12-6-5-11(10-14(12)26-23-15)20-17-16-13(21-22-17)4-3-7-19-16/h4-6,10,21H,1-3,7-9H2,(H,20,22). The minimum absolute atomic E-state index is 0.0465. The third-order valence-corrected chi connectivity index (χ3v) is 5.65. The molecule has 2 aliphatic rings. The molecule has 7 nitrogen and oxygen atoms in total. The van der Waals surface area contributed by atoms with E-state index in [0.717, 1.165) is 71.2 Å². The van der Waals surface area contributed by atoms with Gasteiger partial charge in [0.25, 0.3) is 5.91 Å². The van der Waals surface area contributed by atoms with Gasteiger partial charge < -0.3 is 10.2 Å². The molecule has 1 fully saturated rings. The molecule has 1 amide bonds. The van der Waals surface area contributed by atoms with Crippen molar-refractivity contribution in [3.63, 3.8) is 0 Å². The highest BCUT2D eigenvalue weighted by molar-refractivity contribution is 7.13. The number of carbonyl (C=O) groups excluding carboxylic acids is 1.